The molecule has 0 atom stereocenters. The van der Waals surface area contributed by atoms with Gasteiger partial charge >= 0.3 is 0 Å². The number of ketones is 4. The van der Waals surface area contributed by atoms with Gasteiger partial charge in [0, 0.05) is 37.6 Å². The lowest BCUT2D eigenvalue weighted by atomic mass is 9.65. The summed E-state index contributed by atoms with van der Waals surface area (Å²) in [6, 6.07) is 55.5. The summed E-state index contributed by atoms with van der Waals surface area (Å²) < 4.78 is 2.70. The van der Waals surface area contributed by atoms with Crippen molar-refractivity contribution in [1.29, 1.82) is 0 Å². The van der Waals surface area contributed by atoms with Crippen molar-refractivity contribution in [3.8, 4) is 20.9 Å². The first-order valence-electron chi connectivity index (χ1n) is 37.8. The Kier molecular flexibility index (Phi) is 23.2. The number of halogens is 8. The minimum Gasteiger partial charge on any atom is -0.288 e. The number of carbonyl (C=O) groups excluding carboxylic acids is 4. The van der Waals surface area contributed by atoms with Crippen LogP contribution in [0.5, 0.6) is 0 Å². The zero-order valence-corrected chi connectivity index (χ0v) is 69.8. The number of aryl methyl sites for hydroxylation is 4. The number of rotatable bonds is 26. The Hall–Kier alpha value is -6.18. The van der Waals surface area contributed by atoms with Gasteiger partial charge in [-0.05, 0) is 190 Å². The molecule has 0 amide bonds. The lowest BCUT2D eigenvalue weighted by molar-refractivity contribution is 0.101. The van der Waals surface area contributed by atoms with E-state index < -0.39 is 34.0 Å². The van der Waals surface area contributed by atoms with Gasteiger partial charge in [-0.1, -0.05) is 295 Å². The number of carbonyl (C=O) groups is 4. The third-order valence-corrected chi connectivity index (χ3v) is 30.2. The van der Waals surface area contributed by atoms with E-state index in [1.54, 1.807) is 22.7 Å². The van der Waals surface area contributed by atoms with Crippen molar-refractivity contribution in [2.45, 2.75) is 167 Å². The van der Waals surface area contributed by atoms with Crippen molar-refractivity contribution in [3.05, 3.63) is 303 Å². The van der Waals surface area contributed by atoms with Crippen LogP contribution >= 0.6 is 138 Å². The fourth-order valence-electron chi connectivity index (χ4n) is 16.8. The molecule has 4 heterocycles. The third-order valence-electron chi connectivity index (χ3n) is 22.3. The minimum atomic E-state index is -0.822. The van der Waals surface area contributed by atoms with Gasteiger partial charge in [-0.3, -0.25) is 19.2 Å². The number of unbranched alkanes of at least 4 members (excludes halogenated alkanes) is 12. The van der Waals surface area contributed by atoms with Crippen LogP contribution < -0.4 is 18.1 Å². The van der Waals surface area contributed by atoms with Crippen molar-refractivity contribution < 1.29 is 19.2 Å². The zero-order valence-electron chi connectivity index (χ0n) is 60.4. The molecule has 15 rings (SSSR count). The van der Waals surface area contributed by atoms with Crippen molar-refractivity contribution in [1.82, 2.24) is 0 Å². The maximum Gasteiger partial charge on any atom is 0.200 e. The molecule has 0 saturated carbocycles. The van der Waals surface area contributed by atoms with Gasteiger partial charge in [0.2, 0.25) is 23.1 Å². The van der Waals surface area contributed by atoms with Gasteiger partial charge < -0.3 is 0 Å². The smallest absolute Gasteiger partial charge is 0.200 e. The SMILES string of the molecule is CCCCCCc1ccc(C2(c3ccc(CCCCCC)cc3)c3cc4c(cc3-c3sc(/C=c5\ccc(=C6C(=O)c7c(Cl)c(Cl)c(Cl)c(Cl)c7C6=O)s5)cc32)C(c2ccc(CCCCCC)cc2)(c2ccc(CCCCCC)cc2)c2cc(/C=c3\ccc(=C5C(=O)c6c(Cl)c(Cl)c(Cl)c(Cl)c6C5=O)s3)sc2-4)cc1. The Morgan fingerprint density at radius 1 is 0.296 bits per heavy atom. The molecule has 0 bridgehead atoms. The Balaban J connectivity index is 0.976. The molecule has 11 aromatic rings. The molecule has 4 aliphatic carbocycles. The van der Waals surface area contributed by atoms with Crippen molar-refractivity contribution in [2.75, 3.05) is 0 Å². The highest BCUT2D eigenvalue weighted by atomic mass is 35.5. The van der Waals surface area contributed by atoms with E-state index in [-0.39, 0.29) is 73.6 Å². The van der Waals surface area contributed by atoms with Crippen LogP contribution in [-0.4, -0.2) is 23.1 Å². The normalized spacial score (nSPS) is 14.8. The second kappa shape index (κ2) is 32.5. The van der Waals surface area contributed by atoms with Gasteiger partial charge in [0.25, 0.3) is 0 Å². The predicted molar refractivity (Wildman–Crippen MR) is 460 cm³/mol. The molecule has 16 heteroatoms. The van der Waals surface area contributed by atoms with Gasteiger partial charge in [0.1, 0.15) is 0 Å². The molecule has 0 saturated heterocycles. The number of Topliss-reactive ketones (excluding diaryl/α,β-unsaturated/α-hetero) is 4. The van der Waals surface area contributed by atoms with E-state index in [0.29, 0.717) is 9.06 Å². The lowest BCUT2D eigenvalue weighted by Gasteiger charge is -2.35. The zero-order chi connectivity index (χ0) is 75.4. The molecule has 4 aromatic heterocycles. The minimum absolute atomic E-state index is 0.0174. The van der Waals surface area contributed by atoms with Crippen LogP contribution in [0.2, 0.25) is 40.2 Å². The molecule has 4 aliphatic rings. The fraction of sp³-hybridized carbons (Fsp3) is 0.283. The highest BCUT2D eigenvalue weighted by Gasteiger charge is 2.53. The van der Waals surface area contributed by atoms with Crippen LogP contribution in [0.1, 0.15) is 248 Å². The van der Waals surface area contributed by atoms with Crippen LogP contribution in [0.25, 0.3) is 44.2 Å². The first-order chi connectivity index (χ1) is 52.4. The van der Waals surface area contributed by atoms with Gasteiger partial charge in [0.05, 0.1) is 84.4 Å². The van der Waals surface area contributed by atoms with Crippen LogP contribution in [0, 0.1) is 0 Å². The van der Waals surface area contributed by atoms with Crippen LogP contribution in [0.15, 0.2) is 146 Å². The van der Waals surface area contributed by atoms with Gasteiger partial charge in [0.15, 0.2) is 0 Å². The molecule has 0 spiro atoms. The molecule has 0 aliphatic heterocycles. The third kappa shape index (κ3) is 13.6. The summed E-state index contributed by atoms with van der Waals surface area (Å²) in [5, 5.41) is -0.654. The highest BCUT2D eigenvalue weighted by molar-refractivity contribution is 7.17. The monoisotopic (exact) mass is 1650 g/mol. The average Bonchev–Trinajstić information content (AvgIpc) is 1.50. The molecular weight excluding hydrogens is 1580 g/mol. The Morgan fingerprint density at radius 3 is 0.824 bits per heavy atom. The second-order valence-electron chi connectivity index (χ2n) is 29.0. The number of fused-ring (bicyclic) bond motifs is 8. The number of hydrogen-bond acceptors (Lipinski definition) is 8. The molecule has 0 fully saturated rings. The van der Waals surface area contributed by atoms with Gasteiger partial charge in [-0.25, -0.2) is 0 Å². The molecular formula is C92H78Cl8O4S4. The number of benzene rings is 7. The lowest BCUT2D eigenvalue weighted by Crippen LogP contribution is -2.30. The first kappa shape index (κ1) is 77.2. The van der Waals surface area contributed by atoms with E-state index in [1.807, 2.05) is 24.3 Å². The number of hydrogen-bond donors (Lipinski definition) is 0. The molecule has 550 valence electrons. The summed E-state index contributed by atoms with van der Waals surface area (Å²) in [6.45, 7) is 9.03. The summed E-state index contributed by atoms with van der Waals surface area (Å²) in [5.41, 5.74) is 15.2. The second-order valence-corrected chi connectivity index (χ2v) is 36.4. The van der Waals surface area contributed by atoms with Crippen molar-refractivity contribution in [2.24, 2.45) is 0 Å². The van der Waals surface area contributed by atoms with E-state index in [1.165, 1.54) is 176 Å². The molecule has 0 N–H and O–H groups in total. The maximum atomic E-state index is 14.3. The summed E-state index contributed by atoms with van der Waals surface area (Å²) in [4.78, 5) is 61.8. The Morgan fingerprint density at radius 2 is 0.565 bits per heavy atom. The topological polar surface area (TPSA) is 68.3 Å². The number of thiophene rings is 4. The highest BCUT2D eigenvalue weighted by Crippen LogP contribution is 2.65. The average molecular weight is 1660 g/mol. The van der Waals surface area contributed by atoms with E-state index in [9.17, 15) is 19.2 Å². The van der Waals surface area contributed by atoms with E-state index in [0.717, 1.165) is 81.3 Å². The predicted octanol–water partition coefficient (Wildman–Crippen LogP) is 26.5. The van der Waals surface area contributed by atoms with E-state index >= 15 is 0 Å². The first-order valence-corrected chi connectivity index (χ1v) is 44.1. The summed E-state index contributed by atoms with van der Waals surface area (Å²) in [7, 11) is 0. The van der Waals surface area contributed by atoms with Crippen molar-refractivity contribution >= 4 is 185 Å². The molecule has 0 radical (unpaired) electrons. The van der Waals surface area contributed by atoms with Gasteiger partial charge in [-0.15, -0.1) is 45.3 Å². The summed E-state index contributed by atoms with van der Waals surface area (Å²) >= 11 is 58.9. The largest absolute Gasteiger partial charge is 0.288 e. The molecule has 4 nitrogen and oxygen atoms in total. The van der Waals surface area contributed by atoms with Gasteiger partial charge in [-0.2, -0.15) is 0 Å². The Bertz CT molecular complexity index is 5140. The van der Waals surface area contributed by atoms with Crippen LogP contribution in [0.4, 0.5) is 0 Å². The van der Waals surface area contributed by atoms with E-state index in [2.05, 4.69) is 161 Å². The quantitative estimate of drug-likeness (QED) is 0.0308. The molecule has 7 aromatic carbocycles. The van der Waals surface area contributed by atoms with Crippen molar-refractivity contribution in [3.63, 3.8) is 0 Å². The molecule has 108 heavy (non-hydrogen) atoms. The maximum absolute atomic E-state index is 14.3. The summed E-state index contributed by atoms with van der Waals surface area (Å²) in [6.07, 6.45) is 27.1. The van der Waals surface area contributed by atoms with Crippen LogP contribution in [-0.2, 0) is 36.5 Å². The van der Waals surface area contributed by atoms with E-state index in [4.69, 9.17) is 92.8 Å². The fourth-order valence-corrected chi connectivity index (χ4v) is 23.4. The molecule has 0 unspecified atom stereocenters. The Labute approximate surface area is 687 Å². The van der Waals surface area contributed by atoms with Crippen LogP contribution in [0.3, 0.4) is 0 Å². The standard InChI is InChI=1S/C92H78Cl8O4S4/c1-5-9-13-17-21-51-25-33-55(34-26-51)91(56-35-27-52(28-36-56)22-18-14-10-6-2)65-49-64-66(50-63(65)89-67(91)47-61(107-89)45-59-41-43-69(105-59)71-85(101)73-74(86(71)102)78(94)82(98)81(97)77(73)93)92(57-37-29-53(30-38-57)23-19-15-11-7-3,58-39-31-54(32-40-58)24-20-16-12-8-4)68-48-62(108-90(64)68)46-60-42-44-70(106-60)72-87(103)75-76(88(72)104)80(96)84(100)83(99)79(75)95/h25-50H,5-24H2,1-4H3/b59-45+,60-46+. The summed E-state index contributed by atoms with van der Waals surface area (Å²) in [5.74, 6) is -2.15.